The molecule has 1 saturated carbocycles. The number of pyridine rings is 1. The van der Waals surface area contributed by atoms with Crippen molar-refractivity contribution in [1.82, 2.24) is 4.98 Å². The molecular weight excluding hydrogens is 212 g/mol. The fourth-order valence-electron chi connectivity index (χ4n) is 2.11. The number of alkyl halides is 2. The van der Waals surface area contributed by atoms with E-state index in [4.69, 9.17) is 0 Å². The quantitative estimate of drug-likeness (QED) is 0.786. The Hall–Kier alpha value is -1.19. The van der Waals surface area contributed by atoms with Crippen LogP contribution in [0.2, 0.25) is 0 Å². The lowest BCUT2D eigenvalue weighted by Gasteiger charge is -2.05. The van der Waals surface area contributed by atoms with Gasteiger partial charge < -0.3 is 4.74 Å². The van der Waals surface area contributed by atoms with Crippen molar-refractivity contribution in [1.29, 1.82) is 0 Å². The smallest absolute Gasteiger partial charge is 0.388 e. The zero-order chi connectivity index (χ0) is 11.7. The van der Waals surface area contributed by atoms with Crippen LogP contribution >= 0.6 is 0 Å². The van der Waals surface area contributed by atoms with Crippen LogP contribution in [0.5, 0.6) is 5.88 Å². The molecular formula is C12H15F2NO. The Kier molecular flexibility index (Phi) is 3.08. The molecule has 0 radical (unpaired) electrons. The van der Waals surface area contributed by atoms with Crippen LogP contribution in [0.4, 0.5) is 8.78 Å². The monoisotopic (exact) mass is 227 g/mol. The third-order valence-electron chi connectivity index (χ3n) is 3.09. The first-order valence-corrected chi connectivity index (χ1v) is 5.48. The van der Waals surface area contributed by atoms with Gasteiger partial charge in [-0.2, -0.15) is 8.78 Å². The van der Waals surface area contributed by atoms with Crippen LogP contribution < -0.4 is 4.74 Å². The molecule has 1 aromatic rings. The first-order chi connectivity index (χ1) is 7.58. The summed E-state index contributed by atoms with van der Waals surface area (Å²) in [6.45, 7) is 1.60. The van der Waals surface area contributed by atoms with Crippen LogP contribution in [0.3, 0.4) is 0 Å². The van der Waals surface area contributed by atoms with Gasteiger partial charge >= 0.3 is 6.61 Å². The van der Waals surface area contributed by atoms with Gasteiger partial charge in [0.1, 0.15) is 0 Å². The Morgan fingerprint density at radius 2 is 2.12 bits per heavy atom. The maximum absolute atomic E-state index is 11.9. The molecule has 0 bridgehead atoms. The molecule has 1 heterocycles. The molecule has 0 saturated heterocycles. The first-order valence-electron chi connectivity index (χ1n) is 5.48. The molecule has 0 aromatic carbocycles. The Balaban J connectivity index is 1.98. The summed E-state index contributed by atoms with van der Waals surface area (Å²) in [5.74, 6) is 1.92. The zero-order valence-electron chi connectivity index (χ0n) is 9.36. The standard InChI is InChI=1S/C12H15F2NO/c1-7(2)9-5-10(9)8-3-4-11(15-6-8)16-12(13)14/h3-4,6-7,9-10,12H,5H2,1-2H3/t9-,10-/m1/s1. The van der Waals surface area contributed by atoms with Gasteiger partial charge in [0.2, 0.25) is 5.88 Å². The average molecular weight is 227 g/mol. The van der Waals surface area contributed by atoms with Crippen LogP contribution in [0.1, 0.15) is 31.7 Å². The lowest BCUT2D eigenvalue weighted by molar-refractivity contribution is -0.0528. The first kappa shape index (κ1) is 11.3. The van der Waals surface area contributed by atoms with Crippen LogP contribution in [0, 0.1) is 11.8 Å². The number of hydrogen-bond acceptors (Lipinski definition) is 2. The Morgan fingerprint density at radius 1 is 1.38 bits per heavy atom. The fraction of sp³-hybridized carbons (Fsp3) is 0.583. The van der Waals surface area contributed by atoms with E-state index in [1.807, 2.05) is 6.07 Å². The summed E-state index contributed by atoms with van der Waals surface area (Å²) in [4.78, 5) is 3.87. The van der Waals surface area contributed by atoms with E-state index in [-0.39, 0.29) is 5.88 Å². The molecule has 2 rings (SSSR count). The number of ether oxygens (including phenoxy) is 1. The highest BCUT2D eigenvalue weighted by molar-refractivity contribution is 5.26. The summed E-state index contributed by atoms with van der Waals surface area (Å²) >= 11 is 0. The summed E-state index contributed by atoms with van der Waals surface area (Å²) in [6.07, 6.45) is 2.82. The second-order valence-electron chi connectivity index (χ2n) is 4.56. The van der Waals surface area contributed by atoms with E-state index >= 15 is 0 Å². The second-order valence-corrected chi connectivity index (χ2v) is 4.56. The summed E-state index contributed by atoms with van der Waals surface area (Å²) in [6, 6.07) is 3.34. The van der Waals surface area contributed by atoms with Gasteiger partial charge in [-0.15, -0.1) is 0 Å². The highest BCUT2D eigenvalue weighted by Crippen LogP contribution is 2.51. The largest absolute Gasteiger partial charge is 0.417 e. The highest BCUT2D eigenvalue weighted by Gasteiger charge is 2.40. The molecule has 4 heteroatoms. The minimum atomic E-state index is -2.80. The van der Waals surface area contributed by atoms with Gasteiger partial charge in [-0.1, -0.05) is 19.9 Å². The maximum atomic E-state index is 11.9. The van der Waals surface area contributed by atoms with Crippen molar-refractivity contribution in [2.45, 2.75) is 32.8 Å². The Labute approximate surface area is 93.6 Å². The molecule has 0 N–H and O–H groups in total. The molecule has 0 aliphatic heterocycles. The van der Waals surface area contributed by atoms with Crippen molar-refractivity contribution in [3.63, 3.8) is 0 Å². The summed E-state index contributed by atoms with van der Waals surface area (Å²) in [5, 5.41) is 0. The third-order valence-corrected chi connectivity index (χ3v) is 3.09. The van der Waals surface area contributed by atoms with E-state index in [1.54, 1.807) is 6.20 Å². The number of halogens is 2. The van der Waals surface area contributed by atoms with E-state index < -0.39 is 6.61 Å². The Bertz CT molecular complexity index is 351. The number of nitrogens with zero attached hydrogens (tertiary/aromatic N) is 1. The van der Waals surface area contributed by atoms with Gasteiger partial charge in [-0.3, -0.25) is 0 Å². The lowest BCUT2D eigenvalue weighted by atomic mass is 10.0. The fourth-order valence-corrected chi connectivity index (χ4v) is 2.11. The lowest BCUT2D eigenvalue weighted by Crippen LogP contribution is -2.03. The molecule has 1 aliphatic carbocycles. The maximum Gasteiger partial charge on any atom is 0.388 e. The summed E-state index contributed by atoms with van der Waals surface area (Å²) < 4.78 is 28.0. The second kappa shape index (κ2) is 4.36. The average Bonchev–Trinajstić information content (AvgIpc) is 2.97. The summed E-state index contributed by atoms with van der Waals surface area (Å²) in [7, 11) is 0. The zero-order valence-corrected chi connectivity index (χ0v) is 9.36. The SMILES string of the molecule is CC(C)[C@H]1C[C@@H]1c1ccc(OC(F)F)nc1. The molecule has 2 atom stereocenters. The highest BCUT2D eigenvalue weighted by atomic mass is 19.3. The van der Waals surface area contributed by atoms with Gasteiger partial charge in [0.05, 0.1) is 0 Å². The predicted molar refractivity (Wildman–Crippen MR) is 56.6 cm³/mol. The van der Waals surface area contributed by atoms with Crippen molar-refractivity contribution in [2.24, 2.45) is 11.8 Å². The van der Waals surface area contributed by atoms with Crippen molar-refractivity contribution < 1.29 is 13.5 Å². The molecule has 1 fully saturated rings. The van der Waals surface area contributed by atoms with Crippen LogP contribution in [-0.2, 0) is 0 Å². The van der Waals surface area contributed by atoms with Crippen molar-refractivity contribution in [2.75, 3.05) is 0 Å². The normalized spacial score (nSPS) is 23.9. The van der Waals surface area contributed by atoms with Crippen LogP contribution in [0.25, 0.3) is 0 Å². The van der Waals surface area contributed by atoms with Crippen LogP contribution in [0.15, 0.2) is 18.3 Å². The minimum Gasteiger partial charge on any atom is -0.417 e. The Morgan fingerprint density at radius 3 is 2.56 bits per heavy atom. The van der Waals surface area contributed by atoms with Crippen molar-refractivity contribution in [3.8, 4) is 5.88 Å². The van der Waals surface area contributed by atoms with Crippen molar-refractivity contribution in [3.05, 3.63) is 23.9 Å². The molecule has 1 aromatic heterocycles. The minimum absolute atomic E-state index is 0.0134. The van der Waals surface area contributed by atoms with Crippen LogP contribution in [-0.4, -0.2) is 11.6 Å². The van der Waals surface area contributed by atoms with Crippen molar-refractivity contribution >= 4 is 0 Å². The molecule has 16 heavy (non-hydrogen) atoms. The number of hydrogen-bond donors (Lipinski definition) is 0. The van der Waals surface area contributed by atoms with Gasteiger partial charge in [-0.05, 0) is 29.7 Å². The van der Waals surface area contributed by atoms with E-state index in [9.17, 15) is 8.78 Å². The summed E-state index contributed by atoms with van der Waals surface area (Å²) in [5.41, 5.74) is 1.13. The topological polar surface area (TPSA) is 22.1 Å². The van der Waals surface area contributed by atoms with E-state index in [0.717, 1.165) is 5.56 Å². The van der Waals surface area contributed by atoms with E-state index in [1.165, 1.54) is 12.5 Å². The van der Waals surface area contributed by atoms with Gasteiger partial charge in [-0.25, -0.2) is 4.98 Å². The molecule has 0 unspecified atom stereocenters. The molecule has 1 aliphatic rings. The molecule has 0 spiro atoms. The van der Waals surface area contributed by atoms with Gasteiger partial charge in [0.15, 0.2) is 0 Å². The number of aromatic nitrogens is 1. The molecule has 88 valence electrons. The molecule has 0 amide bonds. The van der Waals surface area contributed by atoms with E-state index in [0.29, 0.717) is 17.8 Å². The molecule has 2 nitrogen and oxygen atoms in total. The third kappa shape index (κ3) is 2.49. The van der Waals surface area contributed by atoms with E-state index in [2.05, 4.69) is 23.6 Å². The van der Waals surface area contributed by atoms with Gasteiger partial charge in [0, 0.05) is 12.3 Å². The predicted octanol–water partition coefficient (Wildman–Crippen LogP) is 3.44. The number of rotatable bonds is 4. The van der Waals surface area contributed by atoms with Gasteiger partial charge in [0.25, 0.3) is 0 Å².